The molecule has 0 heterocycles. The van der Waals surface area contributed by atoms with Gasteiger partial charge in [-0.2, -0.15) is 0 Å². The van der Waals surface area contributed by atoms with E-state index in [-0.39, 0.29) is 41.8 Å². The molecule has 2 rings (SSSR count). The smallest absolute Gasteiger partial charge is 0.305 e. The molecule has 0 amide bonds. The largest absolute Gasteiger partial charge is 0.490 e. The van der Waals surface area contributed by atoms with E-state index < -0.39 is 0 Å². The van der Waals surface area contributed by atoms with Crippen molar-refractivity contribution < 1.29 is 18.7 Å². The Labute approximate surface area is 183 Å². The third kappa shape index (κ3) is 8.62. The second-order valence-electron chi connectivity index (χ2n) is 6.72. The molecule has 1 aromatic carbocycles. The Kier molecular flexibility index (Phi) is 11.2. The second-order valence-corrected chi connectivity index (χ2v) is 6.72. The molecule has 1 saturated carbocycles. The average Bonchev–Trinajstić information content (AvgIpc) is 3.47. The molecule has 1 aliphatic rings. The number of carbonyl (C=O) groups excluding carboxylic acids is 1. The number of esters is 1. The van der Waals surface area contributed by atoms with Crippen molar-refractivity contribution in [2.45, 2.75) is 45.6 Å². The van der Waals surface area contributed by atoms with Crippen molar-refractivity contribution in [3.05, 3.63) is 29.6 Å². The van der Waals surface area contributed by atoms with Crippen molar-refractivity contribution in [3.63, 3.8) is 0 Å². The monoisotopic (exact) mass is 507 g/mol. The van der Waals surface area contributed by atoms with E-state index in [9.17, 15) is 9.18 Å². The summed E-state index contributed by atoms with van der Waals surface area (Å²) in [5.74, 6) is 0.942. The number of benzene rings is 1. The lowest BCUT2D eigenvalue weighted by Gasteiger charge is -2.19. The van der Waals surface area contributed by atoms with Crippen LogP contribution in [0.15, 0.2) is 23.2 Å². The molecule has 8 heteroatoms. The number of carbonyl (C=O) groups is 1. The van der Waals surface area contributed by atoms with Crippen LogP contribution in [0.2, 0.25) is 0 Å². The molecular formula is C20H31FIN3O3. The van der Waals surface area contributed by atoms with Gasteiger partial charge in [0, 0.05) is 20.0 Å². The lowest BCUT2D eigenvalue weighted by atomic mass is 10.1. The normalized spacial score (nSPS) is 14.6. The molecule has 2 N–H and O–H groups in total. The first-order chi connectivity index (χ1) is 13.0. The van der Waals surface area contributed by atoms with Crippen molar-refractivity contribution >= 4 is 35.9 Å². The third-order valence-corrected chi connectivity index (χ3v) is 4.36. The highest BCUT2D eigenvalue weighted by Gasteiger charge is 2.22. The van der Waals surface area contributed by atoms with E-state index in [1.165, 1.54) is 18.9 Å². The summed E-state index contributed by atoms with van der Waals surface area (Å²) in [7, 11) is 1.67. The Morgan fingerprint density at radius 2 is 2.14 bits per heavy atom. The lowest BCUT2D eigenvalue weighted by molar-refractivity contribution is -0.143. The predicted octanol–water partition coefficient (Wildman–Crippen LogP) is 3.80. The Balaban J connectivity index is 0.00000392. The van der Waals surface area contributed by atoms with E-state index in [0.29, 0.717) is 50.2 Å². The number of ether oxygens (including phenoxy) is 2. The van der Waals surface area contributed by atoms with Gasteiger partial charge in [0.15, 0.2) is 17.5 Å². The number of hydrogen-bond donors (Lipinski definition) is 2. The Morgan fingerprint density at radius 1 is 1.39 bits per heavy atom. The van der Waals surface area contributed by atoms with Gasteiger partial charge in [-0.25, -0.2) is 4.39 Å². The number of rotatable bonds is 10. The summed E-state index contributed by atoms with van der Waals surface area (Å²) < 4.78 is 24.7. The molecule has 0 radical (unpaired) electrons. The molecule has 158 valence electrons. The maximum atomic E-state index is 14.2. The highest BCUT2D eigenvalue weighted by molar-refractivity contribution is 14.0. The summed E-state index contributed by atoms with van der Waals surface area (Å²) in [5.41, 5.74) is 0.806. The number of hydrogen-bond acceptors (Lipinski definition) is 4. The van der Waals surface area contributed by atoms with E-state index >= 15 is 0 Å². The first-order valence-corrected chi connectivity index (χ1v) is 9.58. The zero-order valence-electron chi connectivity index (χ0n) is 16.8. The summed E-state index contributed by atoms with van der Waals surface area (Å²) in [6.45, 7) is 5.30. The first-order valence-electron chi connectivity index (χ1n) is 9.58. The zero-order chi connectivity index (χ0) is 19.6. The summed E-state index contributed by atoms with van der Waals surface area (Å²) in [5, 5.41) is 6.36. The van der Waals surface area contributed by atoms with E-state index in [2.05, 4.69) is 15.6 Å². The highest BCUT2D eigenvalue weighted by atomic mass is 127. The minimum Gasteiger partial charge on any atom is -0.490 e. The summed E-state index contributed by atoms with van der Waals surface area (Å²) in [6, 6.07) is 4.90. The van der Waals surface area contributed by atoms with Crippen molar-refractivity contribution in [2.75, 3.05) is 26.8 Å². The molecule has 1 fully saturated rings. The summed E-state index contributed by atoms with van der Waals surface area (Å²) in [6.07, 6.45) is 3.36. The maximum absolute atomic E-state index is 14.2. The van der Waals surface area contributed by atoms with Crippen LogP contribution in [0.4, 0.5) is 4.39 Å². The fourth-order valence-electron chi connectivity index (χ4n) is 2.55. The SMILES string of the molecule is CCOC(=O)CCCNC(=NC)NC(C)c1ccc(OCC2CC2)c(F)c1.I. The van der Waals surface area contributed by atoms with Gasteiger partial charge in [0.25, 0.3) is 0 Å². The van der Waals surface area contributed by atoms with Gasteiger partial charge in [0.2, 0.25) is 0 Å². The summed E-state index contributed by atoms with van der Waals surface area (Å²) >= 11 is 0. The van der Waals surface area contributed by atoms with Crippen molar-refractivity contribution in [2.24, 2.45) is 10.9 Å². The van der Waals surface area contributed by atoms with E-state index in [1.54, 1.807) is 20.0 Å². The molecule has 28 heavy (non-hydrogen) atoms. The van der Waals surface area contributed by atoms with Crippen molar-refractivity contribution in [3.8, 4) is 5.75 Å². The van der Waals surface area contributed by atoms with Crippen LogP contribution < -0.4 is 15.4 Å². The van der Waals surface area contributed by atoms with Gasteiger partial charge in [0.1, 0.15) is 0 Å². The molecular weight excluding hydrogens is 476 g/mol. The minimum absolute atomic E-state index is 0. The quantitative estimate of drug-likeness (QED) is 0.166. The van der Waals surface area contributed by atoms with Crippen LogP contribution in [0.25, 0.3) is 0 Å². The molecule has 1 unspecified atom stereocenters. The van der Waals surface area contributed by atoms with Crippen LogP contribution in [0.5, 0.6) is 5.75 Å². The van der Waals surface area contributed by atoms with Crippen LogP contribution in [-0.2, 0) is 9.53 Å². The van der Waals surface area contributed by atoms with Crippen LogP contribution >= 0.6 is 24.0 Å². The molecule has 0 spiro atoms. The van der Waals surface area contributed by atoms with Crippen LogP contribution in [-0.4, -0.2) is 38.7 Å². The van der Waals surface area contributed by atoms with Crippen LogP contribution in [0.3, 0.4) is 0 Å². The van der Waals surface area contributed by atoms with Crippen LogP contribution in [0.1, 0.15) is 51.1 Å². The number of aliphatic imine (C=N–C) groups is 1. The molecule has 1 atom stereocenters. The topological polar surface area (TPSA) is 72.0 Å². The molecule has 0 aliphatic heterocycles. The number of nitrogens with zero attached hydrogens (tertiary/aromatic N) is 1. The molecule has 0 saturated heterocycles. The van der Waals surface area contributed by atoms with Gasteiger partial charge in [0.05, 0.1) is 19.3 Å². The van der Waals surface area contributed by atoms with E-state index in [0.717, 1.165) is 5.56 Å². The van der Waals surface area contributed by atoms with E-state index in [4.69, 9.17) is 9.47 Å². The standard InChI is InChI=1S/C20H30FN3O3.HI/c1-4-26-19(25)6-5-11-23-20(22-3)24-14(2)16-9-10-18(17(21)12-16)27-13-15-7-8-15;/h9-10,12,14-15H,4-8,11,13H2,1-3H3,(H2,22,23,24);1H. The van der Waals surface area contributed by atoms with Gasteiger partial charge in [-0.3, -0.25) is 9.79 Å². The number of halogens is 2. The van der Waals surface area contributed by atoms with Crippen LogP contribution in [0, 0.1) is 11.7 Å². The zero-order valence-corrected chi connectivity index (χ0v) is 19.1. The molecule has 0 bridgehead atoms. The van der Waals surface area contributed by atoms with E-state index in [1.807, 2.05) is 13.0 Å². The Morgan fingerprint density at radius 3 is 2.75 bits per heavy atom. The van der Waals surface area contributed by atoms with Gasteiger partial charge in [-0.05, 0) is 56.7 Å². The fourth-order valence-corrected chi connectivity index (χ4v) is 2.55. The second kappa shape index (κ2) is 12.8. The molecule has 1 aliphatic carbocycles. The predicted molar refractivity (Wildman–Crippen MR) is 119 cm³/mol. The minimum atomic E-state index is -0.348. The highest BCUT2D eigenvalue weighted by Crippen LogP contribution is 2.30. The number of nitrogens with one attached hydrogen (secondary N) is 2. The fraction of sp³-hybridized carbons (Fsp3) is 0.600. The van der Waals surface area contributed by atoms with Gasteiger partial charge in [-0.1, -0.05) is 6.07 Å². The Hall–Kier alpha value is -1.58. The third-order valence-electron chi connectivity index (χ3n) is 4.36. The van der Waals surface area contributed by atoms with Gasteiger partial charge in [-0.15, -0.1) is 24.0 Å². The van der Waals surface area contributed by atoms with Gasteiger partial charge < -0.3 is 20.1 Å². The summed E-state index contributed by atoms with van der Waals surface area (Å²) in [4.78, 5) is 15.5. The van der Waals surface area contributed by atoms with Gasteiger partial charge >= 0.3 is 5.97 Å². The molecule has 1 aromatic rings. The average molecular weight is 507 g/mol. The molecule has 0 aromatic heterocycles. The number of guanidine groups is 1. The Bertz CT molecular complexity index is 654. The van der Waals surface area contributed by atoms with Crippen molar-refractivity contribution in [1.82, 2.24) is 10.6 Å². The lowest BCUT2D eigenvalue weighted by Crippen LogP contribution is -2.39. The van der Waals surface area contributed by atoms with Crippen molar-refractivity contribution in [1.29, 1.82) is 0 Å². The molecule has 6 nitrogen and oxygen atoms in total. The first kappa shape index (κ1) is 24.5. The maximum Gasteiger partial charge on any atom is 0.305 e.